The lowest BCUT2D eigenvalue weighted by Gasteiger charge is -2.43. The first kappa shape index (κ1) is 12.0. The minimum Gasteiger partial charge on any atom is -0.310 e. The maximum atomic E-state index is 4.05. The van der Waals surface area contributed by atoms with E-state index in [1.54, 1.807) is 0 Å². The van der Waals surface area contributed by atoms with Crippen LogP contribution in [0.4, 0.5) is 0 Å². The molecule has 3 aliphatic rings. The van der Waals surface area contributed by atoms with Gasteiger partial charge in [0.05, 0.1) is 0 Å². The van der Waals surface area contributed by atoms with Crippen LogP contribution in [0.25, 0.3) is 0 Å². The van der Waals surface area contributed by atoms with Crippen LogP contribution in [0.5, 0.6) is 0 Å². The molecule has 0 aliphatic heterocycles. The third-order valence-electron chi connectivity index (χ3n) is 6.23. The minimum atomic E-state index is 0.534. The fourth-order valence-electron chi connectivity index (χ4n) is 5.07. The zero-order chi connectivity index (χ0) is 12.3. The average molecular weight is 235 g/mol. The monoisotopic (exact) mass is 235 g/mol. The Hall–Kier alpha value is -0.0400. The van der Waals surface area contributed by atoms with E-state index in [4.69, 9.17) is 0 Å². The summed E-state index contributed by atoms with van der Waals surface area (Å²) in [4.78, 5) is 0. The lowest BCUT2D eigenvalue weighted by molar-refractivity contribution is 0.106. The van der Waals surface area contributed by atoms with Gasteiger partial charge in [0.1, 0.15) is 0 Å². The third-order valence-corrected chi connectivity index (χ3v) is 6.23. The van der Waals surface area contributed by atoms with E-state index in [2.05, 4.69) is 33.0 Å². The molecule has 0 aromatic heterocycles. The van der Waals surface area contributed by atoms with Crippen LogP contribution < -0.4 is 5.32 Å². The summed E-state index contributed by atoms with van der Waals surface area (Å²) >= 11 is 0. The summed E-state index contributed by atoms with van der Waals surface area (Å²) in [6.07, 6.45) is 8.65. The number of hydrogen-bond donors (Lipinski definition) is 1. The smallest absolute Gasteiger partial charge is 0.0177 e. The minimum absolute atomic E-state index is 0.534. The van der Waals surface area contributed by atoms with Crippen LogP contribution in [0.2, 0.25) is 0 Å². The van der Waals surface area contributed by atoms with E-state index in [0.717, 1.165) is 23.9 Å². The van der Waals surface area contributed by atoms with Gasteiger partial charge in [-0.2, -0.15) is 0 Å². The van der Waals surface area contributed by atoms with Crippen molar-refractivity contribution in [1.82, 2.24) is 5.32 Å². The molecule has 3 unspecified atom stereocenters. The summed E-state index contributed by atoms with van der Waals surface area (Å²) < 4.78 is 0. The van der Waals surface area contributed by atoms with Crippen LogP contribution in [-0.2, 0) is 0 Å². The van der Waals surface area contributed by atoms with E-state index >= 15 is 0 Å². The molecule has 2 bridgehead atoms. The van der Waals surface area contributed by atoms with Gasteiger partial charge in [0, 0.05) is 12.1 Å². The van der Waals surface area contributed by atoms with E-state index in [-0.39, 0.29) is 0 Å². The Morgan fingerprint density at radius 3 is 2.59 bits per heavy atom. The standard InChI is InChI=1S/C16H29N/c1-5-6-11-9-13(11)17-14-15(2,3)12-7-8-16(14,4)10-12/h11-14,17H,5-10H2,1-4H3/t11?,12-,13?,14?,16+/m0/s1. The third kappa shape index (κ3) is 1.77. The summed E-state index contributed by atoms with van der Waals surface area (Å²) in [5.41, 5.74) is 1.14. The molecule has 1 N–H and O–H groups in total. The number of fused-ring (bicyclic) bond motifs is 2. The van der Waals surface area contributed by atoms with E-state index < -0.39 is 0 Å². The van der Waals surface area contributed by atoms with Crippen molar-refractivity contribution in [3.05, 3.63) is 0 Å². The molecule has 1 heteroatoms. The van der Waals surface area contributed by atoms with Crippen molar-refractivity contribution in [2.24, 2.45) is 22.7 Å². The predicted molar refractivity (Wildman–Crippen MR) is 73.0 cm³/mol. The molecule has 0 aromatic rings. The Kier molecular flexibility index (Phi) is 2.63. The lowest BCUT2D eigenvalue weighted by Crippen LogP contribution is -2.51. The highest BCUT2D eigenvalue weighted by atomic mass is 15.1. The van der Waals surface area contributed by atoms with E-state index in [9.17, 15) is 0 Å². The van der Waals surface area contributed by atoms with Gasteiger partial charge in [-0.25, -0.2) is 0 Å². The molecule has 3 saturated carbocycles. The largest absolute Gasteiger partial charge is 0.310 e. The van der Waals surface area contributed by atoms with Gasteiger partial charge in [-0.1, -0.05) is 34.1 Å². The Balaban J connectivity index is 1.67. The van der Waals surface area contributed by atoms with Gasteiger partial charge >= 0.3 is 0 Å². The Morgan fingerprint density at radius 1 is 1.24 bits per heavy atom. The van der Waals surface area contributed by atoms with Crippen LogP contribution >= 0.6 is 0 Å². The normalized spacial score (nSPS) is 50.8. The van der Waals surface area contributed by atoms with Gasteiger partial charge < -0.3 is 5.32 Å². The van der Waals surface area contributed by atoms with Gasteiger partial charge in [0.2, 0.25) is 0 Å². The van der Waals surface area contributed by atoms with Crippen molar-refractivity contribution in [2.75, 3.05) is 0 Å². The number of nitrogens with one attached hydrogen (secondary N) is 1. The SMILES string of the molecule is CCCC1CC1NC1C(C)(C)[C@H]2CC[C@]1(C)C2. The lowest BCUT2D eigenvalue weighted by atomic mass is 9.68. The molecule has 3 rings (SSSR count). The highest BCUT2D eigenvalue weighted by Gasteiger charge is 2.60. The molecular formula is C16H29N. The topological polar surface area (TPSA) is 12.0 Å². The maximum absolute atomic E-state index is 4.05. The number of hydrogen-bond acceptors (Lipinski definition) is 1. The molecule has 5 atom stereocenters. The molecule has 0 heterocycles. The highest BCUT2D eigenvalue weighted by Crippen LogP contribution is 2.63. The average Bonchev–Trinajstić information content (AvgIpc) is 2.80. The zero-order valence-corrected chi connectivity index (χ0v) is 12.1. The van der Waals surface area contributed by atoms with Crippen LogP contribution in [0.1, 0.15) is 66.2 Å². The first-order chi connectivity index (χ1) is 7.97. The molecule has 17 heavy (non-hydrogen) atoms. The van der Waals surface area contributed by atoms with Crippen molar-refractivity contribution >= 4 is 0 Å². The molecule has 0 radical (unpaired) electrons. The summed E-state index contributed by atoms with van der Waals surface area (Å²) in [6.45, 7) is 9.88. The van der Waals surface area contributed by atoms with Crippen LogP contribution in [0, 0.1) is 22.7 Å². The van der Waals surface area contributed by atoms with E-state index in [0.29, 0.717) is 10.8 Å². The summed E-state index contributed by atoms with van der Waals surface area (Å²) in [7, 11) is 0. The van der Waals surface area contributed by atoms with Gasteiger partial charge in [-0.3, -0.25) is 0 Å². The zero-order valence-electron chi connectivity index (χ0n) is 12.1. The second-order valence-electron chi connectivity index (χ2n) is 7.91. The highest BCUT2D eigenvalue weighted by molar-refractivity contribution is 5.14. The predicted octanol–water partition coefficient (Wildman–Crippen LogP) is 3.98. The number of rotatable bonds is 4. The van der Waals surface area contributed by atoms with Crippen molar-refractivity contribution in [2.45, 2.75) is 78.3 Å². The van der Waals surface area contributed by atoms with Crippen molar-refractivity contribution < 1.29 is 0 Å². The fourth-order valence-corrected chi connectivity index (χ4v) is 5.07. The van der Waals surface area contributed by atoms with Crippen molar-refractivity contribution in [3.63, 3.8) is 0 Å². The second kappa shape index (κ2) is 3.73. The molecule has 0 spiro atoms. The quantitative estimate of drug-likeness (QED) is 0.777. The van der Waals surface area contributed by atoms with Crippen LogP contribution in [0.3, 0.4) is 0 Å². The Labute approximate surface area is 107 Å². The molecule has 3 fully saturated rings. The molecular weight excluding hydrogens is 206 g/mol. The van der Waals surface area contributed by atoms with Gasteiger partial charge in [-0.15, -0.1) is 0 Å². The molecule has 98 valence electrons. The summed E-state index contributed by atoms with van der Waals surface area (Å²) in [6, 6.07) is 1.64. The maximum Gasteiger partial charge on any atom is 0.0177 e. The Morgan fingerprint density at radius 2 is 2.00 bits per heavy atom. The summed E-state index contributed by atoms with van der Waals surface area (Å²) in [5.74, 6) is 1.98. The first-order valence-corrected chi connectivity index (χ1v) is 7.73. The van der Waals surface area contributed by atoms with Gasteiger partial charge in [-0.05, 0) is 54.8 Å². The summed E-state index contributed by atoms with van der Waals surface area (Å²) in [5, 5.41) is 4.05. The van der Waals surface area contributed by atoms with Gasteiger partial charge in [0.15, 0.2) is 0 Å². The van der Waals surface area contributed by atoms with Crippen LogP contribution in [-0.4, -0.2) is 12.1 Å². The second-order valence-corrected chi connectivity index (χ2v) is 7.91. The molecule has 0 amide bonds. The van der Waals surface area contributed by atoms with Crippen molar-refractivity contribution in [3.8, 4) is 0 Å². The first-order valence-electron chi connectivity index (χ1n) is 7.73. The molecule has 0 saturated heterocycles. The Bertz CT molecular complexity index is 304. The molecule has 3 aliphatic carbocycles. The fraction of sp³-hybridized carbons (Fsp3) is 1.00. The van der Waals surface area contributed by atoms with E-state index in [1.165, 1.54) is 38.5 Å². The molecule has 0 aromatic carbocycles. The molecule has 1 nitrogen and oxygen atoms in total. The van der Waals surface area contributed by atoms with E-state index in [1.807, 2.05) is 0 Å². The van der Waals surface area contributed by atoms with Gasteiger partial charge in [0.25, 0.3) is 0 Å². The van der Waals surface area contributed by atoms with Crippen molar-refractivity contribution in [1.29, 1.82) is 0 Å². The van der Waals surface area contributed by atoms with Crippen LogP contribution in [0.15, 0.2) is 0 Å².